The quantitative estimate of drug-likeness (QED) is 0.324. The summed E-state index contributed by atoms with van der Waals surface area (Å²) in [6.07, 6.45) is 6.30. The number of oxime groups is 1. The Hall–Kier alpha value is -1.84. The van der Waals surface area contributed by atoms with E-state index in [9.17, 15) is 4.79 Å². The van der Waals surface area contributed by atoms with Crippen molar-refractivity contribution in [2.75, 3.05) is 5.32 Å². The molecule has 0 heterocycles. The molecule has 0 fully saturated rings. The van der Waals surface area contributed by atoms with Crippen LogP contribution >= 0.6 is 0 Å². The smallest absolute Gasteiger partial charge is 0.224 e. The summed E-state index contributed by atoms with van der Waals surface area (Å²) in [5.41, 5.74) is 2.17. The second-order valence-electron chi connectivity index (χ2n) is 4.98. The molecule has 0 unspecified atom stereocenters. The van der Waals surface area contributed by atoms with Crippen LogP contribution in [0.25, 0.3) is 0 Å². The summed E-state index contributed by atoms with van der Waals surface area (Å²) in [5.74, 6) is 0.0572. The van der Waals surface area contributed by atoms with Crippen molar-refractivity contribution in [1.82, 2.24) is 0 Å². The van der Waals surface area contributed by atoms with E-state index < -0.39 is 0 Å². The Morgan fingerprint density at radius 1 is 1.15 bits per heavy atom. The second-order valence-corrected chi connectivity index (χ2v) is 4.98. The molecule has 1 rings (SSSR count). The topological polar surface area (TPSA) is 61.7 Å². The maximum atomic E-state index is 11.7. The Balaban J connectivity index is 2.35. The van der Waals surface area contributed by atoms with Crippen LogP contribution in [0, 0.1) is 0 Å². The number of unbranched alkanes of at least 4 members (excludes halogenated alkanes) is 4. The lowest BCUT2D eigenvalue weighted by molar-refractivity contribution is -0.116. The van der Waals surface area contributed by atoms with Crippen molar-refractivity contribution in [2.24, 2.45) is 5.16 Å². The van der Waals surface area contributed by atoms with Gasteiger partial charge in [-0.1, -0.05) is 49.9 Å². The van der Waals surface area contributed by atoms with Crippen LogP contribution in [-0.4, -0.2) is 16.8 Å². The van der Waals surface area contributed by atoms with Crippen molar-refractivity contribution in [3.63, 3.8) is 0 Å². The fourth-order valence-corrected chi connectivity index (χ4v) is 1.97. The lowest BCUT2D eigenvalue weighted by Gasteiger charge is -2.06. The monoisotopic (exact) mass is 276 g/mol. The van der Waals surface area contributed by atoms with Crippen LogP contribution in [0.5, 0.6) is 0 Å². The second kappa shape index (κ2) is 9.13. The third-order valence-corrected chi connectivity index (χ3v) is 3.24. The van der Waals surface area contributed by atoms with Gasteiger partial charge in [0.25, 0.3) is 0 Å². The average molecular weight is 276 g/mol. The highest BCUT2D eigenvalue weighted by molar-refractivity contribution is 5.99. The predicted molar refractivity (Wildman–Crippen MR) is 82.4 cm³/mol. The van der Waals surface area contributed by atoms with E-state index in [1.165, 1.54) is 19.3 Å². The van der Waals surface area contributed by atoms with Gasteiger partial charge in [-0.05, 0) is 31.0 Å². The van der Waals surface area contributed by atoms with E-state index in [2.05, 4.69) is 17.4 Å². The molecule has 0 aliphatic heterocycles. The van der Waals surface area contributed by atoms with Crippen LogP contribution in [0.3, 0.4) is 0 Å². The first kappa shape index (κ1) is 16.2. The number of nitrogens with zero attached hydrogens (tertiary/aromatic N) is 1. The molecule has 1 amide bonds. The van der Waals surface area contributed by atoms with Gasteiger partial charge in [-0.3, -0.25) is 4.79 Å². The number of rotatable bonds is 8. The zero-order chi connectivity index (χ0) is 14.8. The van der Waals surface area contributed by atoms with Gasteiger partial charge < -0.3 is 10.5 Å². The predicted octanol–water partition coefficient (Wildman–Crippen LogP) is 4.18. The summed E-state index contributed by atoms with van der Waals surface area (Å²) in [5, 5.41) is 14.7. The molecule has 1 aromatic rings. The van der Waals surface area contributed by atoms with Crippen molar-refractivity contribution >= 4 is 17.3 Å². The molecule has 0 spiro atoms. The molecule has 0 atom stereocenters. The minimum Gasteiger partial charge on any atom is -0.411 e. The molecule has 1 aromatic carbocycles. The molecule has 110 valence electrons. The number of hydrogen-bond donors (Lipinski definition) is 2. The van der Waals surface area contributed by atoms with Gasteiger partial charge in [0.15, 0.2) is 0 Å². The Morgan fingerprint density at radius 3 is 2.40 bits per heavy atom. The highest BCUT2D eigenvalue weighted by Crippen LogP contribution is 2.12. The Labute approximate surface area is 120 Å². The lowest BCUT2D eigenvalue weighted by atomic mass is 10.1. The average Bonchev–Trinajstić information content (AvgIpc) is 2.47. The van der Waals surface area contributed by atoms with Crippen LogP contribution in [0.2, 0.25) is 0 Å². The van der Waals surface area contributed by atoms with Gasteiger partial charge in [0, 0.05) is 12.1 Å². The normalized spacial score (nSPS) is 11.4. The van der Waals surface area contributed by atoms with E-state index in [0.717, 1.165) is 24.1 Å². The fraction of sp³-hybridized carbons (Fsp3) is 0.500. The van der Waals surface area contributed by atoms with Crippen molar-refractivity contribution in [3.8, 4) is 0 Å². The van der Waals surface area contributed by atoms with Crippen LogP contribution in [0.4, 0.5) is 5.69 Å². The SMILES string of the molecule is CCCCCCCC(=O)Nc1ccc(/C(C)=N\O)cc1. The third kappa shape index (κ3) is 5.87. The summed E-state index contributed by atoms with van der Waals surface area (Å²) >= 11 is 0. The zero-order valence-corrected chi connectivity index (χ0v) is 12.4. The van der Waals surface area contributed by atoms with Crippen molar-refractivity contribution in [1.29, 1.82) is 0 Å². The van der Waals surface area contributed by atoms with E-state index in [-0.39, 0.29) is 5.91 Å². The molecule has 0 radical (unpaired) electrons. The maximum Gasteiger partial charge on any atom is 0.224 e. The molecule has 0 saturated heterocycles. The first-order chi connectivity index (χ1) is 9.67. The highest BCUT2D eigenvalue weighted by Gasteiger charge is 2.03. The van der Waals surface area contributed by atoms with Gasteiger partial charge in [0.1, 0.15) is 0 Å². The molecular weight excluding hydrogens is 252 g/mol. The van der Waals surface area contributed by atoms with Gasteiger partial charge in [-0.2, -0.15) is 0 Å². The van der Waals surface area contributed by atoms with Crippen LogP contribution in [0.15, 0.2) is 29.4 Å². The summed E-state index contributed by atoms with van der Waals surface area (Å²) in [4.78, 5) is 11.7. The molecule has 0 aliphatic carbocycles. The lowest BCUT2D eigenvalue weighted by Crippen LogP contribution is -2.11. The number of carbonyl (C=O) groups is 1. The number of amides is 1. The van der Waals surface area contributed by atoms with Crippen LogP contribution in [-0.2, 0) is 4.79 Å². The van der Waals surface area contributed by atoms with Crippen molar-refractivity contribution < 1.29 is 10.0 Å². The van der Waals surface area contributed by atoms with Gasteiger partial charge in [-0.25, -0.2) is 0 Å². The Kier molecular flexibility index (Phi) is 7.40. The molecule has 20 heavy (non-hydrogen) atoms. The molecular formula is C16H24N2O2. The first-order valence-corrected chi connectivity index (χ1v) is 7.26. The minimum absolute atomic E-state index is 0.0572. The van der Waals surface area contributed by atoms with Crippen molar-refractivity contribution in [2.45, 2.75) is 52.4 Å². The molecule has 0 aromatic heterocycles. The number of carbonyl (C=O) groups excluding carboxylic acids is 1. The van der Waals surface area contributed by atoms with Gasteiger partial charge in [0.2, 0.25) is 5.91 Å². The minimum atomic E-state index is 0.0572. The van der Waals surface area contributed by atoms with Crippen LogP contribution < -0.4 is 5.32 Å². The maximum absolute atomic E-state index is 11.7. The van der Waals surface area contributed by atoms with E-state index in [1.807, 2.05) is 24.3 Å². The number of benzene rings is 1. The summed E-state index contributed by atoms with van der Waals surface area (Å²) in [6.45, 7) is 3.91. The molecule has 0 aliphatic rings. The largest absolute Gasteiger partial charge is 0.411 e. The molecule has 0 bridgehead atoms. The zero-order valence-electron chi connectivity index (χ0n) is 12.4. The Bertz CT molecular complexity index is 438. The first-order valence-electron chi connectivity index (χ1n) is 7.26. The number of anilines is 1. The standard InChI is InChI=1S/C16H24N2O2/c1-3-4-5-6-7-8-16(19)17-15-11-9-14(10-12-15)13(2)18-20/h9-12,20H,3-8H2,1-2H3,(H,17,19)/b18-13-. The number of nitrogens with one attached hydrogen (secondary N) is 1. The summed E-state index contributed by atoms with van der Waals surface area (Å²) < 4.78 is 0. The molecule has 2 N–H and O–H groups in total. The van der Waals surface area contributed by atoms with E-state index in [4.69, 9.17) is 5.21 Å². The highest BCUT2D eigenvalue weighted by atomic mass is 16.4. The summed E-state index contributed by atoms with van der Waals surface area (Å²) in [6, 6.07) is 7.29. The van der Waals surface area contributed by atoms with Crippen molar-refractivity contribution in [3.05, 3.63) is 29.8 Å². The molecule has 4 nitrogen and oxygen atoms in total. The fourth-order valence-electron chi connectivity index (χ4n) is 1.97. The van der Waals surface area contributed by atoms with Gasteiger partial charge in [0.05, 0.1) is 5.71 Å². The number of hydrogen-bond acceptors (Lipinski definition) is 3. The Morgan fingerprint density at radius 2 is 1.80 bits per heavy atom. The molecule has 0 saturated carbocycles. The van der Waals surface area contributed by atoms with E-state index in [1.54, 1.807) is 6.92 Å². The van der Waals surface area contributed by atoms with E-state index >= 15 is 0 Å². The summed E-state index contributed by atoms with van der Waals surface area (Å²) in [7, 11) is 0. The van der Waals surface area contributed by atoms with Gasteiger partial charge >= 0.3 is 0 Å². The third-order valence-electron chi connectivity index (χ3n) is 3.24. The van der Waals surface area contributed by atoms with Crippen LogP contribution in [0.1, 0.15) is 57.9 Å². The molecule has 4 heteroatoms. The van der Waals surface area contributed by atoms with Gasteiger partial charge in [-0.15, -0.1) is 0 Å². The van der Waals surface area contributed by atoms with E-state index in [0.29, 0.717) is 12.1 Å².